The van der Waals surface area contributed by atoms with Gasteiger partial charge in [-0.25, -0.2) is 0 Å². The fourth-order valence-corrected chi connectivity index (χ4v) is 2.99. The van der Waals surface area contributed by atoms with Crippen molar-refractivity contribution in [1.82, 2.24) is 4.90 Å². The molecule has 0 unspecified atom stereocenters. The van der Waals surface area contributed by atoms with Crippen molar-refractivity contribution in [2.24, 2.45) is 0 Å². The van der Waals surface area contributed by atoms with Crippen LogP contribution in [-0.4, -0.2) is 30.5 Å². The van der Waals surface area contributed by atoms with Gasteiger partial charge in [-0.3, -0.25) is 4.79 Å². The predicted octanol–water partition coefficient (Wildman–Crippen LogP) is 4.54. The Labute approximate surface area is 152 Å². The summed E-state index contributed by atoms with van der Waals surface area (Å²) in [6, 6.07) is 5.01. The Morgan fingerprint density at radius 3 is 2.62 bits per heavy atom. The highest BCUT2D eigenvalue weighted by atomic mass is 79.9. The van der Waals surface area contributed by atoms with Crippen LogP contribution < -0.4 is 5.32 Å². The Kier molecular flexibility index (Phi) is 7.45. The number of nitriles is 1. The molecule has 0 saturated heterocycles. The minimum Gasteiger partial charge on any atom is -0.382 e. The molecule has 24 heavy (non-hydrogen) atoms. The Hall–Kier alpha value is -1.85. The van der Waals surface area contributed by atoms with Gasteiger partial charge in [0.05, 0.1) is 5.70 Å². The smallest absolute Gasteiger partial charge is 0.288 e. The molecule has 4 nitrogen and oxygen atoms in total. The molecule has 1 aromatic carbocycles. The number of anilines is 1. The maximum atomic E-state index is 12.5. The SMILES string of the molecule is C=C(Nc1cc(Br)c(SC(F)F)cc1C)C(=O)/C(C#N)=C/N(C)C. The number of hydrogen-bond donors (Lipinski definition) is 1. The average molecular weight is 416 g/mol. The number of Topliss-reactive ketones (excluding diaryl/α,β-unsaturated/α-hetero) is 1. The van der Waals surface area contributed by atoms with E-state index in [1.807, 2.05) is 6.07 Å². The van der Waals surface area contributed by atoms with Crippen molar-refractivity contribution in [3.8, 4) is 6.07 Å². The molecule has 0 radical (unpaired) electrons. The quantitative estimate of drug-likeness (QED) is 0.402. The minimum absolute atomic E-state index is 0.0221. The first-order chi connectivity index (χ1) is 11.1. The second kappa shape index (κ2) is 8.85. The van der Waals surface area contributed by atoms with E-state index < -0.39 is 11.5 Å². The van der Waals surface area contributed by atoms with Crippen molar-refractivity contribution >= 4 is 39.2 Å². The van der Waals surface area contributed by atoms with Gasteiger partial charge >= 0.3 is 0 Å². The zero-order chi connectivity index (χ0) is 18.4. The third kappa shape index (κ3) is 5.65. The predicted molar refractivity (Wildman–Crippen MR) is 95.9 cm³/mol. The lowest BCUT2D eigenvalue weighted by Gasteiger charge is -2.14. The van der Waals surface area contributed by atoms with Crippen LogP contribution in [0.5, 0.6) is 0 Å². The summed E-state index contributed by atoms with van der Waals surface area (Å²) in [5.41, 5.74) is 1.18. The number of rotatable bonds is 7. The van der Waals surface area contributed by atoms with Crippen molar-refractivity contribution in [3.05, 3.63) is 46.2 Å². The van der Waals surface area contributed by atoms with Crippen LogP contribution in [0.25, 0.3) is 0 Å². The highest BCUT2D eigenvalue weighted by molar-refractivity contribution is 9.10. The second-order valence-corrected chi connectivity index (χ2v) is 6.91. The van der Waals surface area contributed by atoms with Crippen LogP contribution >= 0.6 is 27.7 Å². The standard InChI is InChI=1S/C16H16BrF2N3OS/c1-9-5-14(24-16(18)19)12(17)6-13(9)21-10(2)15(23)11(7-20)8-22(3)4/h5-6,8,16,21H,2H2,1,3-4H3/b11-8+. The zero-order valence-corrected chi connectivity index (χ0v) is 15.8. The third-order valence-electron chi connectivity index (χ3n) is 2.81. The largest absolute Gasteiger partial charge is 0.382 e. The summed E-state index contributed by atoms with van der Waals surface area (Å²) < 4.78 is 25.5. The number of nitrogens with one attached hydrogen (secondary N) is 1. The van der Waals surface area contributed by atoms with E-state index in [0.29, 0.717) is 32.4 Å². The summed E-state index contributed by atoms with van der Waals surface area (Å²) in [5.74, 6) is -3.06. The summed E-state index contributed by atoms with van der Waals surface area (Å²) in [6.07, 6.45) is 1.40. The molecule has 0 bridgehead atoms. The normalized spacial score (nSPS) is 11.2. The molecule has 8 heteroatoms. The molecule has 1 aromatic rings. The van der Waals surface area contributed by atoms with Crippen LogP contribution in [-0.2, 0) is 4.79 Å². The van der Waals surface area contributed by atoms with E-state index in [4.69, 9.17) is 5.26 Å². The van der Waals surface area contributed by atoms with Crippen LogP contribution in [0, 0.1) is 18.3 Å². The highest BCUT2D eigenvalue weighted by Gasteiger charge is 2.16. The van der Waals surface area contributed by atoms with Gasteiger partial charge in [0, 0.05) is 35.4 Å². The summed E-state index contributed by atoms with van der Waals surface area (Å²) in [4.78, 5) is 14.2. The van der Waals surface area contributed by atoms with Crippen LogP contribution in [0.15, 0.2) is 45.5 Å². The van der Waals surface area contributed by atoms with E-state index in [-0.39, 0.29) is 11.3 Å². The first kappa shape index (κ1) is 20.2. The minimum atomic E-state index is -2.52. The van der Waals surface area contributed by atoms with Crippen molar-refractivity contribution in [3.63, 3.8) is 0 Å². The molecule has 0 aromatic heterocycles. The first-order valence-electron chi connectivity index (χ1n) is 6.69. The monoisotopic (exact) mass is 415 g/mol. The zero-order valence-electron chi connectivity index (χ0n) is 13.4. The lowest BCUT2D eigenvalue weighted by Crippen LogP contribution is -2.15. The molecule has 0 heterocycles. The Morgan fingerprint density at radius 2 is 2.12 bits per heavy atom. The number of carbonyl (C=O) groups excluding carboxylic acids is 1. The maximum absolute atomic E-state index is 12.5. The summed E-state index contributed by atoms with van der Waals surface area (Å²) in [6.45, 7) is 5.38. The lowest BCUT2D eigenvalue weighted by molar-refractivity contribution is -0.111. The average Bonchev–Trinajstić information content (AvgIpc) is 2.48. The van der Waals surface area contributed by atoms with E-state index in [9.17, 15) is 13.6 Å². The molecule has 1 N–H and O–H groups in total. The van der Waals surface area contributed by atoms with E-state index >= 15 is 0 Å². The van der Waals surface area contributed by atoms with E-state index in [0.717, 1.165) is 0 Å². The van der Waals surface area contributed by atoms with Gasteiger partial charge in [-0.1, -0.05) is 18.3 Å². The number of allylic oxidation sites excluding steroid dienone is 1. The van der Waals surface area contributed by atoms with Crippen LogP contribution in [0.1, 0.15) is 5.56 Å². The fraction of sp³-hybridized carbons (Fsp3) is 0.250. The van der Waals surface area contributed by atoms with E-state index in [2.05, 4.69) is 27.8 Å². The van der Waals surface area contributed by atoms with E-state index in [1.54, 1.807) is 38.1 Å². The van der Waals surface area contributed by atoms with Crippen molar-refractivity contribution in [2.75, 3.05) is 19.4 Å². The molecule has 0 atom stereocenters. The number of thioether (sulfide) groups is 1. The fourth-order valence-electron chi connectivity index (χ4n) is 1.75. The van der Waals surface area contributed by atoms with Crippen LogP contribution in [0.3, 0.4) is 0 Å². The summed E-state index contributed by atoms with van der Waals surface area (Å²) >= 11 is 3.67. The molecule has 1 rings (SSSR count). The Balaban J connectivity index is 3.01. The number of hydrogen-bond acceptors (Lipinski definition) is 5. The van der Waals surface area contributed by atoms with Gasteiger partial charge in [0.1, 0.15) is 11.6 Å². The Morgan fingerprint density at radius 1 is 1.50 bits per heavy atom. The van der Waals surface area contributed by atoms with Gasteiger partial charge in [-0.15, -0.1) is 0 Å². The molecule has 0 aliphatic carbocycles. The second-order valence-electron chi connectivity index (χ2n) is 5.03. The molecule has 0 aliphatic heterocycles. The van der Waals surface area contributed by atoms with Crippen molar-refractivity contribution in [2.45, 2.75) is 17.6 Å². The molecule has 0 amide bonds. The number of ketones is 1. The van der Waals surface area contributed by atoms with Crippen molar-refractivity contribution in [1.29, 1.82) is 5.26 Å². The number of alkyl halides is 2. The molecule has 0 aliphatic rings. The van der Waals surface area contributed by atoms with Gasteiger partial charge in [-0.05, 0) is 40.5 Å². The van der Waals surface area contributed by atoms with Gasteiger partial charge in [0.25, 0.3) is 5.76 Å². The highest BCUT2D eigenvalue weighted by Crippen LogP contribution is 2.36. The molecule has 0 spiro atoms. The van der Waals surface area contributed by atoms with Crippen molar-refractivity contribution < 1.29 is 13.6 Å². The first-order valence-corrected chi connectivity index (χ1v) is 8.37. The third-order valence-corrected chi connectivity index (χ3v) is 4.50. The van der Waals surface area contributed by atoms with Crippen LogP contribution in [0.2, 0.25) is 0 Å². The molecular weight excluding hydrogens is 400 g/mol. The molecule has 0 fully saturated rings. The van der Waals surface area contributed by atoms with Gasteiger partial charge in [-0.2, -0.15) is 14.0 Å². The number of nitrogens with zero attached hydrogens (tertiary/aromatic N) is 2. The maximum Gasteiger partial charge on any atom is 0.288 e. The molecular formula is C16H16BrF2N3OS. The van der Waals surface area contributed by atoms with Crippen LogP contribution in [0.4, 0.5) is 14.5 Å². The van der Waals surface area contributed by atoms with Gasteiger partial charge in [0.15, 0.2) is 0 Å². The summed E-state index contributed by atoms with van der Waals surface area (Å²) in [7, 11) is 3.39. The lowest BCUT2D eigenvalue weighted by atomic mass is 10.1. The number of halogens is 3. The number of carbonyl (C=O) groups is 1. The number of aryl methyl sites for hydroxylation is 1. The Bertz CT molecular complexity index is 727. The van der Waals surface area contributed by atoms with E-state index in [1.165, 1.54) is 6.20 Å². The summed E-state index contributed by atoms with van der Waals surface area (Å²) in [5, 5.41) is 11.9. The number of benzene rings is 1. The van der Waals surface area contributed by atoms with Gasteiger partial charge in [0.2, 0.25) is 5.78 Å². The molecule has 0 saturated carbocycles. The van der Waals surface area contributed by atoms with Gasteiger partial charge < -0.3 is 10.2 Å². The molecule has 128 valence electrons. The topological polar surface area (TPSA) is 56.1 Å².